The summed E-state index contributed by atoms with van der Waals surface area (Å²) in [6.07, 6.45) is 3.22. The number of sulfonamides is 1. The van der Waals surface area contributed by atoms with Gasteiger partial charge < -0.3 is 0 Å². The molecule has 0 aliphatic heterocycles. The first-order valence-electron chi connectivity index (χ1n) is 4.77. The van der Waals surface area contributed by atoms with Gasteiger partial charge in [0.05, 0.1) is 10.5 Å². The van der Waals surface area contributed by atoms with Gasteiger partial charge in [-0.05, 0) is 34.3 Å². The molecule has 2 aromatic rings. The van der Waals surface area contributed by atoms with E-state index in [-0.39, 0.29) is 10.0 Å². The van der Waals surface area contributed by atoms with Crippen molar-refractivity contribution in [1.82, 2.24) is 9.97 Å². The second-order valence-electron chi connectivity index (χ2n) is 3.21. The Balaban J connectivity index is 2.35. The lowest BCUT2D eigenvalue weighted by atomic mass is 10.7. The van der Waals surface area contributed by atoms with Crippen LogP contribution in [0.5, 0.6) is 0 Å². The third-order valence-corrected chi connectivity index (χ3v) is 6.06. The standard InChI is InChI=1S/C9H7BrClN3O2S3/c1-17-9-8(12-4-5(10)13-9)14-19(15,16)7-3-2-6(11)18-7/h2-4H,1H3,(H,12,14). The smallest absolute Gasteiger partial charge is 0.260 e. The summed E-state index contributed by atoms with van der Waals surface area (Å²) in [4.78, 5) is 8.16. The summed E-state index contributed by atoms with van der Waals surface area (Å²) in [5.41, 5.74) is 0. The Labute approximate surface area is 132 Å². The van der Waals surface area contributed by atoms with E-state index in [1.807, 2.05) is 0 Å². The van der Waals surface area contributed by atoms with Gasteiger partial charge in [0.15, 0.2) is 5.82 Å². The Bertz CT molecular complexity index is 704. The minimum atomic E-state index is -3.69. The van der Waals surface area contributed by atoms with Gasteiger partial charge in [0.25, 0.3) is 10.0 Å². The lowest BCUT2D eigenvalue weighted by molar-refractivity contribution is 0.602. The van der Waals surface area contributed by atoms with Crippen molar-refractivity contribution in [3.63, 3.8) is 0 Å². The number of thioether (sulfide) groups is 1. The summed E-state index contributed by atoms with van der Waals surface area (Å²) < 4.78 is 27.7. The van der Waals surface area contributed by atoms with Crippen molar-refractivity contribution in [2.24, 2.45) is 0 Å². The van der Waals surface area contributed by atoms with Crippen molar-refractivity contribution in [1.29, 1.82) is 0 Å². The maximum absolute atomic E-state index is 12.1. The summed E-state index contributed by atoms with van der Waals surface area (Å²) in [5.74, 6) is 0.195. The van der Waals surface area contributed by atoms with Crippen LogP contribution < -0.4 is 4.72 Å². The van der Waals surface area contributed by atoms with Crippen LogP contribution in [-0.2, 0) is 10.0 Å². The van der Waals surface area contributed by atoms with Crippen molar-refractivity contribution in [2.75, 3.05) is 11.0 Å². The molecular weight excluding hydrogens is 394 g/mol. The molecule has 0 spiro atoms. The molecule has 102 valence electrons. The number of rotatable bonds is 4. The molecular formula is C9H7BrClN3O2S3. The van der Waals surface area contributed by atoms with Gasteiger partial charge in [-0.1, -0.05) is 11.6 Å². The summed E-state index contributed by atoms with van der Waals surface area (Å²) in [5, 5.41) is 0.487. The number of hydrogen-bond acceptors (Lipinski definition) is 6. The Morgan fingerprint density at radius 3 is 2.79 bits per heavy atom. The second kappa shape index (κ2) is 5.96. The molecule has 5 nitrogen and oxygen atoms in total. The predicted octanol–water partition coefficient (Wildman–Crippen LogP) is 3.48. The Kier molecular flexibility index (Phi) is 4.72. The van der Waals surface area contributed by atoms with E-state index >= 15 is 0 Å². The molecule has 1 N–H and O–H groups in total. The first-order valence-corrected chi connectivity index (χ1v) is 9.46. The molecule has 0 atom stereocenters. The molecule has 0 bridgehead atoms. The van der Waals surface area contributed by atoms with Gasteiger partial charge >= 0.3 is 0 Å². The van der Waals surface area contributed by atoms with Gasteiger partial charge in [0, 0.05) is 0 Å². The number of thiophene rings is 1. The fourth-order valence-corrected chi connectivity index (χ4v) is 4.63. The first-order chi connectivity index (χ1) is 8.92. The molecule has 0 radical (unpaired) electrons. The van der Waals surface area contributed by atoms with Crippen LogP contribution in [0, 0.1) is 0 Å². The van der Waals surface area contributed by atoms with E-state index in [1.165, 1.54) is 30.1 Å². The number of nitrogens with one attached hydrogen (secondary N) is 1. The number of aromatic nitrogens is 2. The van der Waals surface area contributed by atoms with E-state index in [1.54, 1.807) is 6.26 Å². The largest absolute Gasteiger partial charge is 0.272 e. The molecule has 10 heteroatoms. The quantitative estimate of drug-likeness (QED) is 0.796. The van der Waals surface area contributed by atoms with Gasteiger partial charge in [0.2, 0.25) is 0 Å². The van der Waals surface area contributed by atoms with Crippen LogP contribution in [0.3, 0.4) is 0 Å². The monoisotopic (exact) mass is 399 g/mol. The van der Waals surface area contributed by atoms with E-state index in [0.717, 1.165) is 11.3 Å². The molecule has 0 fully saturated rings. The van der Waals surface area contributed by atoms with E-state index in [2.05, 4.69) is 30.6 Å². The number of hydrogen-bond donors (Lipinski definition) is 1. The number of nitrogens with zero attached hydrogens (tertiary/aromatic N) is 2. The average Bonchev–Trinajstić information content (AvgIpc) is 2.79. The zero-order valence-corrected chi connectivity index (χ0v) is 14.2. The molecule has 2 aromatic heterocycles. The Morgan fingerprint density at radius 1 is 1.47 bits per heavy atom. The van der Waals surface area contributed by atoms with Crippen molar-refractivity contribution in [2.45, 2.75) is 9.24 Å². The highest BCUT2D eigenvalue weighted by Crippen LogP contribution is 2.29. The minimum Gasteiger partial charge on any atom is -0.260 e. The molecule has 0 unspecified atom stereocenters. The topological polar surface area (TPSA) is 72.0 Å². The van der Waals surface area contributed by atoms with Gasteiger partial charge in [-0.25, -0.2) is 18.4 Å². The zero-order chi connectivity index (χ0) is 14.0. The van der Waals surface area contributed by atoms with Crippen LogP contribution in [0.25, 0.3) is 0 Å². The Hall–Kier alpha value is -0.350. The minimum absolute atomic E-state index is 0.134. The lowest BCUT2D eigenvalue weighted by Crippen LogP contribution is -2.13. The van der Waals surface area contributed by atoms with Crippen molar-refractivity contribution >= 4 is 66.5 Å². The highest BCUT2D eigenvalue weighted by molar-refractivity contribution is 9.10. The number of halogens is 2. The average molecular weight is 401 g/mol. The SMILES string of the molecule is CSc1nc(Br)cnc1NS(=O)(=O)c1ccc(Cl)s1. The van der Waals surface area contributed by atoms with Gasteiger partial charge in [0.1, 0.15) is 13.8 Å². The van der Waals surface area contributed by atoms with Crippen molar-refractivity contribution < 1.29 is 8.42 Å². The first kappa shape index (κ1) is 15.0. The molecule has 0 aliphatic carbocycles. The van der Waals surface area contributed by atoms with Gasteiger partial charge in [-0.3, -0.25) is 4.72 Å². The zero-order valence-electron chi connectivity index (χ0n) is 9.42. The van der Waals surface area contributed by atoms with Crippen LogP contribution in [0.2, 0.25) is 4.34 Å². The fraction of sp³-hybridized carbons (Fsp3) is 0.111. The summed E-state index contributed by atoms with van der Waals surface area (Å²) >= 11 is 11.2. The van der Waals surface area contributed by atoms with Crippen LogP contribution >= 0.6 is 50.6 Å². The maximum Gasteiger partial charge on any atom is 0.272 e. The maximum atomic E-state index is 12.1. The highest BCUT2D eigenvalue weighted by Gasteiger charge is 2.19. The fourth-order valence-electron chi connectivity index (χ4n) is 1.18. The van der Waals surface area contributed by atoms with Gasteiger partial charge in [-0.2, -0.15) is 0 Å². The van der Waals surface area contributed by atoms with Gasteiger partial charge in [-0.15, -0.1) is 23.1 Å². The molecule has 19 heavy (non-hydrogen) atoms. The highest BCUT2D eigenvalue weighted by atomic mass is 79.9. The molecule has 0 aromatic carbocycles. The van der Waals surface area contributed by atoms with E-state index in [9.17, 15) is 8.42 Å². The molecule has 0 aliphatic rings. The molecule has 0 amide bonds. The van der Waals surface area contributed by atoms with Crippen LogP contribution in [0.15, 0.2) is 32.2 Å². The van der Waals surface area contributed by atoms with Crippen LogP contribution in [0.4, 0.5) is 5.82 Å². The second-order valence-corrected chi connectivity index (χ2v) is 8.45. The molecule has 0 saturated heterocycles. The summed E-state index contributed by atoms with van der Waals surface area (Å²) in [7, 11) is -3.69. The third kappa shape index (κ3) is 3.60. The van der Waals surface area contributed by atoms with E-state index in [0.29, 0.717) is 14.0 Å². The van der Waals surface area contributed by atoms with Crippen molar-refractivity contribution in [3.8, 4) is 0 Å². The van der Waals surface area contributed by atoms with Crippen molar-refractivity contribution in [3.05, 3.63) is 27.3 Å². The predicted molar refractivity (Wildman–Crippen MR) is 81.7 cm³/mol. The van der Waals surface area contributed by atoms with Crippen LogP contribution in [-0.4, -0.2) is 24.6 Å². The third-order valence-electron chi connectivity index (χ3n) is 1.95. The normalized spacial score (nSPS) is 11.5. The lowest BCUT2D eigenvalue weighted by Gasteiger charge is -2.08. The molecule has 0 saturated carbocycles. The van der Waals surface area contributed by atoms with E-state index < -0.39 is 10.0 Å². The molecule has 2 heterocycles. The van der Waals surface area contributed by atoms with Crippen LogP contribution in [0.1, 0.15) is 0 Å². The molecule has 2 rings (SSSR count). The summed E-state index contributed by atoms with van der Waals surface area (Å²) in [6.45, 7) is 0. The Morgan fingerprint density at radius 2 is 2.21 bits per heavy atom. The van der Waals surface area contributed by atoms with E-state index in [4.69, 9.17) is 11.6 Å². The number of anilines is 1. The summed E-state index contributed by atoms with van der Waals surface area (Å²) in [6, 6.07) is 2.98.